The van der Waals surface area contributed by atoms with Crippen molar-refractivity contribution in [1.82, 2.24) is 19.5 Å². The highest BCUT2D eigenvalue weighted by molar-refractivity contribution is 5.87. The van der Waals surface area contributed by atoms with Crippen LogP contribution in [0.3, 0.4) is 0 Å². The average molecular weight is 847 g/mol. The molecule has 2 aliphatic heterocycles. The maximum Gasteiger partial charge on any atom is 0.0696 e. The van der Waals surface area contributed by atoms with Gasteiger partial charge in [-0.05, 0) is 302 Å². The molecule has 330 valence electrons. The molecule has 16 aliphatic carbocycles. The number of fused-ring (bicyclic) bond motifs is 8. The third-order valence-corrected chi connectivity index (χ3v) is 22.9. The van der Waals surface area contributed by atoms with Crippen LogP contribution in [0.2, 0.25) is 0 Å². The molecule has 4 heteroatoms. The van der Waals surface area contributed by atoms with E-state index in [1.165, 1.54) is 165 Å². The summed E-state index contributed by atoms with van der Waals surface area (Å²) >= 11 is 0. The van der Waals surface area contributed by atoms with Gasteiger partial charge in [-0.3, -0.25) is 0 Å². The lowest BCUT2D eigenvalue weighted by molar-refractivity contribution is -0.0397. The number of nitrogens with one attached hydrogen (secondary N) is 1. The number of aromatic nitrogens is 4. The van der Waals surface area contributed by atoms with Crippen molar-refractivity contribution in [1.29, 1.82) is 0 Å². The maximum absolute atomic E-state index is 6.00. The predicted octanol–water partition coefficient (Wildman–Crippen LogP) is 14.5. The van der Waals surface area contributed by atoms with Crippen LogP contribution in [0.25, 0.3) is 46.4 Å². The van der Waals surface area contributed by atoms with Crippen molar-refractivity contribution in [3.05, 3.63) is 69.8 Å². The summed E-state index contributed by atoms with van der Waals surface area (Å²) in [7, 11) is 0. The van der Waals surface area contributed by atoms with E-state index >= 15 is 0 Å². The summed E-state index contributed by atoms with van der Waals surface area (Å²) in [5, 5.41) is 0. The van der Waals surface area contributed by atoms with Gasteiger partial charge in [-0.1, -0.05) is 0 Å². The van der Waals surface area contributed by atoms with Gasteiger partial charge in [0.2, 0.25) is 0 Å². The van der Waals surface area contributed by atoms with Crippen molar-refractivity contribution in [3.63, 3.8) is 0 Å². The first kappa shape index (κ1) is 36.7. The number of rotatable bonds is 4. The molecule has 3 aromatic heterocycles. The van der Waals surface area contributed by atoms with Crippen molar-refractivity contribution in [2.45, 2.75) is 176 Å². The first-order valence-corrected chi connectivity index (χ1v) is 27.5. The molecule has 0 saturated heterocycles. The summed E-state index contributed by atoms with van der Waals surface area (Å²) < 4.78 is 3.38. The van der Waals surface area contributed by atoms with Gasteiger partial charge in [-0.2, -0.15) is 0 Å². The van der Waals surface area contributed by atoms with E-state index in [0.29, 0.717) is 0 Å². The fraction of sp³-hybridized carbons (Fsp3) is 0.667. The molecule has 24 bridgehead atoms. The van der Waals surface area contributed by atoms with E-state index in [1.807, 2.05) is 16.6 Å². The molecule has 0 radical (unpaired) electrons. The smallest absolute Gasteiger partial charge is 0.0696 e. The molecule has 18 aliphatic rings. The second kappa shape index (κ2) is 12.4. The molecule has 0 amide bonds. The third-order valence-electron chi connectivity index (χ3n) is 22.9. The van der Waals surface area contributed by atoms with Crippen LogP contribution in [0.5, 0.6) is 0 Å². The van der Waals surface area contributed by atoms with Crippen molar-refractivity contribution in [2.24, 2.45) is 71.0 Å². The quantitative estimate of drug-likeness (QED) is 0.196. The zero-order valence-electron chi connectivity index (χ0n) is 38.4. The summed E-state index contributed by atoms with van der Waals surface area (Å²) in [4.78, 5) is 15.4. The molecule has 5 heterocycles. The van der Waals surface area contributed by atoms with E-state index in [1.54, 1.807) is 11.1 Å². The molecule has 4 nitrogen and oxygen atoms in total. The van der Waals surface area contributed by atoms with Gasteiger partial charge in [0, 0.05) is 33.1 Å². The maximum atomic E-state index is 6.00. The second-order valence-corrected chi connectivity index (χ2v) is 27.3. The van der Waals surface area contributed by atoms with Gasteiger partial charge in [-0.25, -0.2) is 9.97 Å². The van der Waals surface area contributed by atoms with E-state index < -0.39 is 0 Å². The van der Waals surface area contributed by atoms with E-state index in [2.05, 4.69) is 64.2 Å². The fourth-order valence-corrected chi connectivity index (χ4v) is 23.0. The second-order valence-electron chi connectivity index (χ2n) is 27.3. The van der Waals surface area contributed by atoms with E-state index in [-0.39, 0.29) is 21.8 Å². The molecule has 0 atom stereocenters. The van der Waals surface area contributed by atoms with Gasteiger partial charge in [0.25, 0.3) is 0 Å². The largest absolute Gasteiger partial charge is 0.355 e. The molecule has 3 aromatic rings. The highest BCUT2D eigenvalue weighted by Crippen LogP contribution is 2.71. The molecular weight excluding hydrogens is 777 g/mol. The van der Waals surface area contributed by atoms with E-state index in [0.717, 1.165) is 93.4 Å². The molecule has 0 spiro atoms. The number of nitrogens with zero attached hydrogens (tertiary/aromatic N) is 3. The van der Waals surface area contributed by atoms with Crippen LogP contribution < -0.4 is 0 Å². The van der Waals surface area contributed by atoms with Crippen molar-refractivity contribution in [3.8, 4) is 0 Å². The van der Waals surface area contributed by atoms with Crippen LogP contribution in [0.1, 0.15) is 194 Å². The lowest BCUT2D eigenvalue weighted by atomic mass is 9.44. The minimum Gasteiger partial charge on any atom is -0.355 e. The Labute approximate surface area is 381 Å². The first-order chi connectivity index (χ1) is 31.3. The Hall–Kier alpha value is -3.40. The average Bonchev–Trinajstić information content (AvgIpc) is 4.04. The van der Waals surface area contributed by atoms with Crippen LogP contribution in [-0.2, 0) is 21.8 Å². The summed E-state index contributed by atoms with van der Waals surface area (Å²) in [6.07, 6.45) is 45.0. The lowest BCUT2D eigenvalue weighted by Gasteiger charge is -2.61. The first-order valence-electron chi connectivity index (χ1n) is 27.5. The van der Waals surface area contributed by atoms with Crippen LogP contribution in [0, 0.1) is 71.0 Å². The minimum absolute atomic E-state index is 0.189. The normalized spacial score (nSPS) is 46.6. The molecular formula is C60H70N4. The van der Waals surface area contributed by atoms with Gasteiger partial charge in [-0.15, -0.1) is 0 Å². The Kier molecular flexibility index (Phi) is 7.09. The SMILES string of the molecule is C1=Cc2cc3c(C45CC6CC(CC(C6)C4)C5)c(C45CC6CC(CC(C6)C4)C5)c(c(C45CC6CC(CC(C6)C4)C5)c4nc(cc5ccc(cc1n2)[nH]5)C=C4)n3C12CC3CC(CC(C3)C1)C2. The molecule has 0 aromatic carbocycles. The zero-order chi connectivity index (χ0) is 41.3. The van der Waals surface area contributed by atoms with Gasteiger partial charge in [0.1, 0.15) is 0 Å². The van der Waals surface area contributed by atoms with Crippen molar-refractivity contribution < 1.29 is 0 Å². The third kappa shape index (κ3) is 5.08. The van der Waals surface area contributed by atoms with Gasteiger partial charge in [0.05, 0.1) is 28.3 Å². The Morgan fingerprint density at radius 2 is 0.750 bits per heavy atom. The Balaban J connectivity index is 1.10. The number of hydrogen-bond acceptors (Lipinski definition) is 2. The minimum atomic E-state index is 0.189. The fourth-order valence-electron chi connectivity index (χ4n) is 23.0. The molecule has 21 rings (SSSR count). The summed E-state index contributed by atoms with van der Waals surface area (Å²) in [6.45, 7) is 0. The molecule has 16 fully saturated rings. The summed E-state index contributed by atoms with van der Waals surface area (Å²) in [6, 6.07) is 11.9. The number of hydrogen-bond donors (Lipinski definition) is 1. The van der Waals surface area contributed by atoms with Gasteiger partial charge >= 0.3 is 0 Å². The van der Waals surface area contributed by atoms with Crippen LogP contribution >= 0.6 is 0 Å². The summed E-state index contributed by atoms with van der Waals surface area (Å²) in [5.74, 6) is 10.8. The Morgan fingerprint density at radius 1 is 0.391 bits per heavy atom. The van der Waals surface area contributed by atoms with Crippen molar-refractivity contribution >= 4 is 46.4 Å². The standard InChI is InChI=1S/C60H70N4/c1-2-48-20-49-5-6-51(63-49)53(57-22-34-7-35(23-57)9-36(8-34)24-57)56-55(59-28-40-13-41(29-59)15-42(14-40)30-59)54(58-25-37-10-38(26-58)12-39(11-37)27-58)52(21-50-4-3-47(62-50)19-46(1)61-48)64(56)60-31-43-16-44(32-60)18-45(17-43)33-60/h1-6,19-21,34-45,61H,7-18,22-33H2. The Bertz CT molecular complexity index is 2640. The predicted molar refractivity (Wildman–Crippen MR) is 258 cm³/mol. The van der Waals surface area contributed by atoms with Crippen LogP contribution in [0.4, 0.5) is 0 Å². The monoisotopic (exact) mass is 847 g/mol. The van der Waals surface area contributed by atoms with E-state index in [9.17, 15) is 0 Å². The lowest BCUT2D eigenvalue weighted by Crippen LogP contribution is -2.53. The Morgan fingerprint density at radius 3 is 1.20 bits per heavy atom. The summed E-state index contributed by atoms with van der Waals surface area (Å²) in [5.41, 5.74) is 17.3. The van der Waals surface area contributed by atoms with Crippen LogP contribution in [0.15, 0.2) is 30.3 Å². The van der Waals surface area contributed by atoms with Crippen molar-refractivity contribution in [2.75, 3.05) is 0 Å². The number of aromatic amines is 1. The highest BCUT2D eigenvalue weighted by Gasteiger charge is 2.62. The molecule has 0 unspecified atom stereocenters. The van der Waals surface area contributed by atoms with Crippen LogP contribution in [-0.4, -0.2) is 19.5 Å². The molecule has 1 N–H and O–H groups in total. The highest BCUT2D eigenvalue weighted by atomic mass is 15.1. The molecule has 16 saturated carbocycles. The zero-order valence-corrected chi connectivity index (χ0v) is 38.4. The number of H-pyrrole nitrogens is 1. The van der Waals surface area contributed by atoms with Gasteiger partial charge < -0.3 is 9.55 Å². The topological polar surface area (TPSA) is 46.5 Å². The van der Waals surface area contributed by atoms with E-state index in [4.69, 9.17) is 9.97 Å². The molecule has 64 heavy (non-hydrogen) atoms. The van der Waals surface area contributed by atoms with Gasteiger partial charge in [0.15, 0.2) is 0 Å².